The number of carbonyl (C=O) groups excluding carboxylic acids is 3. The van der Waals surface area contributed by atoms with Crippen molar-refractivity contribution < 1.29 is 29.0 Å². The van der Waals surface area contributed by atoms with Crippen LogP contribution in [0.15, 0.2) is 54.9 Å². The zero-order chi connectivity index (χ0) is 41.8. The minimum atomic E-state index is -1.13. The first-order valence-corrected chi connectivity index (χ1v) is 20.1. The summed E-state index contributed by atoms with van der Waals surface area (Å²) in [5, 5.41) is 12.3. The van der Waals surface area contributed by atoms with Crippen LogP contribution in [0.2, 0.25) is 0 Å². The molecule has 0 bridgehead atoms. The number of aromatic nitrogens is 4. The second-order valence-corrected chi connectivity index (χ2v) is 16.4. The molecule has 4 aromatic rings. The number of nitrogens with zero attached hydrogens (tertiary/aromatic N) is 6. The third-order valence-electron chi connectivity index (χ3n) is 11.3. The molecule has 6 rings (SSSR count). The standard InChI is InChI=1S/C43H57N9O6/c1-25(2)36(48-42(55)58-8)40(53)51-19-9-11-34(51)38-44-22-32(46-38)28-15-13-27(14-16-28)31-18-17-29(21-30(31)24-49(5)6)33-23-45-39(47-33)35-12-10-20-52(35)41(54)37(26(3)4)50(7)43(56)57/h13-18,21-23,25-26,34-37H,9-12,19-20,24H2,1-8H3,(H,44,46)(H,45,47)(H,48,55)(H,56,57)/t34-,35-,36-,37-/m0/s1. The van der Waals surface area contributed by atoms with Gasteiger partial charge in [0.05, 0.1) is 43.0 Å². The van der Waals surface area contributed by atoms with Crippen molar-refractivity contribution in [1.29, 1.82) is 0 Å². The van der Waals surface area contributed by atoms with Crippen LogP contribution in [0.3, 0.4) is 0 Å². The lowest BCUT2D eigenvalue weighted by molar-refractivity contribution is -0.138. The topological polar surface area (TPSA) is 180 Å². The normalized spacial score (nSPS) is 17.9. The molecule has 2 aliphatic rings. The summed E-state index contributed by atoms with van der Waals surface area (Å²) < 4.78 is 4.77. The number of aromatic amines is 2. The van der Waals surface area contributed by atoms with Gasteiger partial charge in [0.2, 0.25) is 11.8 Å². The fraction of sp³-hybridized carbons (Fsp3) is 0.488. The minimum Gasteiger partial charge on any atom is -0.465 e. The molecule has 58 heavy (non-hydrogen) atoms. The van der Waals surface area contributed by atoms with Gasteiger partial charge in [-0.05, 0) is 85.5 Å². The van der Waals surface area contributed by atoms with Crippen LogP contribution >= 0.6 is 0 Å². The van der Waals surface area contributed by atoms with Gasteiger partial charge in [0, 0.05) is 26.7 Å². The Balaban J connectivity index is 1.19. The SMILES string of the molecule is COC(=O)N[C@H](C(=O)N1CCC[C@H]1c1ncc(-c2ccc(-c3ccc(-c4cnc([C@@H]5CCCN5C(=O)[C@H](C(C)C)N(C)C(=O)O)[nH]4)cc3CN(C)C)cc2)[nH]1)C(C)C. The summed E-state index contributed by atoms with van der Waals surface area (Å²) in [6, 6.07) is 12.8. The van der Waals surface area contributed by atoms with Crippen LogP contribution in [0.4, 0.5) is 9.59 Å². The van der Waals surface area contributed by atoms with Crippen molar-refractivity contribution >= 4 is 24.0 Å². The fourth-order valence-corrected chi connectivity index (χ4v) is 8.34. The zero-order valence-electron chi connectivity index (χ0n) is 34.8. The quantitative estimate of drug-likeness (QED) is 0.117. The summed E-state index contributed by atoms with van der Waals surface area (Å²) in [4.78, 5) is 74.3. The number of carboxylic acid groups (broad SMARTS) is 1. The van der Waals surface area contributed by atoms with Crippen molar-refractivity contribution in [3.05, 3.63) is 72.1 Å². The lowest BCUT2D eigenvalue weighted by Gasteiger charge is -2.33. The van der Waals surface area contributed by atoms with E-state index in [2.05, 4.69) is 62.6 Å². The Morgan fingerprint density at radius 2 is 1.34 bits per heavy atom. The monoisotopic (exact) mass is 795 g/mol. The molecule has 15 heteroatoms. The highest BCUT2D eigenvalue weighted by atomic mass is 16.5. The number of hydrogen-bond acceptors (Lipinski definition) is 8. The minimum absolute atomic E-state index is 0.113. The largest absolute Gasteiger partial charge is 0.465 e. The van der Waals surface area contributed by atoms with Crippen LogP contribution in [0.25, 0.3) is 33.6 Å². The van der Waals surface area contributed by atoms with Gasteiger partial charge in [0.25, 0.3) is 0 Å². The first-order chi connectivity index (χ1) is 27.7. The number of likely N-dealkylation sites (N-methyl/N-ethyl adjacent to an activating group) is 1. The Bertz CT molecular complexity index is 2090. The van der Waals surface area contributed by atoms with E-state index in [4.69, 9.17) is 14.7 Å². The zero-order valence-corrected chi connectivity index (χ0v) is 34.8. The Morgan fingerprint density at radius 3 is 1.86 bits per heavy atom. The Hall–Kier alpha value is -5.70. The smallest absolute Gasteiger partial charge is 0.407 e. The molecule has 2 fully saturated rings. The van der Waals surface area contributed by atoms with Gasteiger partial charge in [-0.2, -0.15) is 0 Å². The number of methoxy groups -OCH3 is 1. The number of rotatable bonds is 13. The summed E-state index contributed by atoms with van der Waals surface area (Å²) in [5.74, 6) is 0.772. The fourth-order valence-electron chi connectivity index (χ4n) is 8.34. The molecule has 4 atom stereocenters. The number of imidazole rings is 2. The first kappa shape index (κ1) is 41.9. The van der Waals surface area contributed by atoms with Crippen molar-refractivity contribution in [3.8, 4) is 33.6 Å². The molecule has 0 aliphatic carbocycles. The van der Waals surface area contributed by atoms with Crippen LogP contribution < -0.4 is 5.32 Å². The molecule has 2 saturated heterocycles. The highest BCUT2D eigenvalue weighted by Crippen LogP contribution is 2.36. The lowest BCUT2D eigenvalue weighted by Crippen LogP contribution is -2.51. The molecule has 310 valence electrons. The molecule has 4 heterocycles. The van der Waals surface area contributed by atoms with E-state index in [9.17, 15) is 24.3 Å². The number of amides is 4. The van der Waals surface area contributed by atoms with Crippen molar-refractivity contribution in [2.45, 2.75) is 84.1 Å². The average molecular weight is 796 g/mol. The molecule has 2 aromatic heterocycles. The van der Waals surface area contributed by atoms with Gasteiger partial charge in [0.15, 0.2) is 0 Å². The number of alkyl carbamates (subject to hydrolysis) is 1. The van der Waals surface area contributed by atoms with E-state index >= 15 is 0 Å². The van der Waals surface area contributed by atoms with E-state index in [1.165, 1.54) is 14.2 Å². The van der Waals surface area contributed by atoms with E-state index in [0.29, 0.717) is 31.3 Å². The third-order valence-corrected chi connectivity index (χ3v) is 11.3. The van der Waals surface area contributed by atoms with Gasteiger partial charge >= 0.3 is 12.2 Å². The maximum atomic E-state index is 13.7. The van der Waals surface area contributed by atoms with Crippen molar-refractivity contribution in [2.24, 2.45) is 11.8 Å². The van der Waals surface area contributed by atoms with Crippen LogP contribution in [0.1, 0.15) is 82.7 Å². The molecular weight excluding hydrogens is 739 g/mol. The van der Waals surface area contributed by atoms with Crippen molar-refractivity contribution in [1.82, 2.24) is 44.9 Å². The maximum Gasteiger partial charge on any atom is 0.407 e. The molecular formula is C43H57N9O6. The van der Waals surface area contributed by atoms with E-state index in [0.717, 1.165) is 69.8 Å². The number of H-pyrrole nitrogens is 2. The molecule has 0 radical (unpaired) electrons. The van der Waals surface area contributed by atoms with Crippen molar-refractivity contribution in [3.63, 3.8) is 0 Å². The molecule has 0 saturated carbocycles. The van der Waals surface area contributed by atoms with Crippen LogP contribution in [0.5, 0.6) is 0 Å². The summed E-state index contributed by atoms with van der Waals surface area (Å²) in [6.07, 6.45) is 5.03. The highest BCUT2D eigenvalue weighted by molar-refractivity contribution is 5.87. The van der Waals surface area contributed by atoms with E-state index in [1.807, 2.05) is 52.9 Å². The van der Waals surface area contributed by atoms with Crippen LogP contribution in [-0.2, 0) is 20.9 Å². The van der Waals surface area contributed by atoms with Gasteiger partial charge < -0.3 is 39.8 Å². The Labute approximate surface area is 340 Å². The molecule has 4 amide bonds. The Morgan fingerprint density at radius 1 is 0.810 bits per heavy atom. The summed E-state index contributed by atoms with van der Waals surface area (Å²) in [5.41, 5.74) is 6.94. The number of hydrogen-bond donors (Lipinski definition) is 4. The number of likely N-dealkylation sites (tertiary alicyclic amines) is 2. The van der Waals surface area contributed by atoms with E-state index in [1.54, 1.807) is 11.1 Å². The van der Waals surface area contributed by atoms with Gasteiger partial charge in [0.1, 0.15) is 23.7 Å². The number of benzene rings is 2. The second kappa shape index (κ2) is 17.8. The summed E-state index contributed by atoms with van der Waals surface area (Å²) >= 11 is 0. The number of carbonyl (C=O) groups is 4. The number of nitrogens with one attached hydrogen (secondary N) is 3. The average Bonchev–Trinajstić information content (AvgIpc) is 4.03. The van der Waals surface area contributed by atoms with Gasteiger partial charge in [-0.25, -0.2) is 19.6 Å². The molecule has 0 spiro atoms. The van der Waals surface area contributed by atoms with E-state index < -0.39 is 24.3 Å². The molecule has 0 unspecified atom stereocenters. The lowest BCUT2D eigenvalue weighted by atomic mass is 9.95. The summed E-state index contributed by atoms with van der Waals surface area (Å²) in [7, 11) is 6.82. The van der Waals surface area contributed by atoms with Crippen molar-refractivity contribution in [2.75, 3.05) is 41.3 Å². The predicted molar refractivity (Wildman–Crippen MR) is 220 cm³/mol. The van der Waals surface area contributed by atoms with E-state index in [-0.39, 0.29) is 35.7 Å². The maximum absolute atomic E-state index is 13.7. The number of ether oxygens (including phenoxy) is 1. The predicted octanol–water partition coefficient (Wildman–Crippen LogP) is 6.54. The van der Waals surface area contributed by atoms with Crippen LogP contribution in [-0.4, -0.2) is 122 Å². The first-order valence-electron chi connectivity index (χ1n) is 20.1. The Kier molecular flexibility index (Phi) is 12.9. The highest BCUT2D eigenvalue weighted by Gasteiger charge is 2.40. The van der Waals surface area contributed by atoms with Crippen LogP contribution in [0, 0.1) is 11.8 Å². The molecule has 2 aliphatic heterocycles. The van der Waals surface area contributed by atoms with Gasteiger partial charge in [-0.15, -0.1) is 0 Å². The molecule has 2 aromatic carbocycles. The molecule has 4 N–H and O–H groups in total. The van der Waals surface area contributed by atoms with Gasteiger partial charge in [-0.3, -0.25) is 14.5 Å². The third kappa shape index (κ3) is 8.89. The molecule has 15 nitrogen and oxygen atoms in total. The van der Waals surface area contributed by atoms with Gasteiger partial charge in [-0.1, -0.05) is 64.1 Å². The second-order valence-electron chi connectivity index (χ2n) is 16.4. The summed E-state index contributed by atoms with van der Waals surface area (Å²) in [6.45, 7) is 9.37.